The van der Waals surface area contributed by atoms with Crippen LogP contribution in [0.4, 0.5) is 0 Å². The van der Waals surface area contributed by atoms with E-state index in [-0.39, 0.29) is 0 Å². The predicted molar refractivity (Wildman–Crippen MR) is 185 cm³/mol. The van der Waals surface area contributed by atoms with Crippen molar-refractivity contribution in [2.24, 2.45) is 35.0 Å². The summed E-state index contributed by atoms with van der Waals surface area (Å²) in [6, 6.07) is 0. The highest BCUT2D eigenvalue weighted by molar-refractivity contribution is 4.49. The molecule has 0 aromatic heterocycles. The number of hydrogen-bond donors (Lipinski definition) is 0. The lowest BCUT2D eigenvalue weighted by molar-refractivity contribution is 0.469. The van der Waals surface area contributed by atoms with E-state index in [1.165, 1.54) is 64.2 Å². The van der Waals surface area contributed by atoms with E-state index in [0.29, 0.717) is 5.41 Å². The molecule has 0 spiro atoms. The lowest BCUT2D eigenvalue weighted by Gasteiger charge is -2.05. The van der Waals surface area contributed by atoms with E-state index in [2.05, 4.69) is 145 Å². The maximum atomic E-state index is 2.26. The van der Waals surface area contributed by atoms with Crippen molar-refractivity contribution in [3.05, 3.63) is 0 Å². The average molecular weight is 533 g/mol. The van der Waals surface area contributed by atoms with Gasteiger partial charge < -0.3 is 0 Å². The van der Waals surface area contributed by atoms with E-state index in [1.807, 2.05) is 0 Å². The molecule has 0 aliphatic heterocycles. The summed E-state index contributed by atoms with van der Waals surface area (Å²) in [7, 11) is 0. The Balaban J connectivity index is -0.0000000577. The summed E-state index contributed by atoms with van der Waals surface area (Å²) in [5.41, 5.74) is 0.500. The third-order valence-corrected chi connectivity index (χ3v) is 4.25. The molecule has 0 bridgehead atoms. The summed E-state index contributed by atoms with van der Waals surface area (Å²) in [6.07, 6.45) is 13.5. The van der Waals surface area contributed by atoms with E-state index in [0.717, 1.165) is 29.6 Å². The van der Waals surface area contributed by atoms with Gasteiger partial charge in [-0.2, -0.15) is 0 Å². The molecule has 0 saturated carbocycles. The Morgan fingerprint density at radius 2 is 0.703 bits per heavy atom. The van der Waals surface area contributed by atoms with E-state index < -0.39 is 0 Å². The van der Waals surface area contributed by atoms with Crippen LogP contribution in [0.5, 0.6) is 0 Å². The summed E-state index contributed by atoms with van der Waals surface area (Å²) < 4.78 is 0. The van der Waals surface area contributed by atoms with Gasteiger partial charge in [-0.25, -0.2) is 0 Å². The van der Waals surface area contributed by atoms with Gasteiger partial charge in [-0.3, -0.25) is 0 Å². The highest BCUT2D eigenvalue weighted by Crippen LogP contribution is 2.10. The minimum Gasteiger partial charge on any atom is -0.0656 e. The highest BCUT2D eigenvalue weighted by atomic mass is 14.0. The Labute approximate surface area is 244 Å². The van der Waals surface area contributed by atoms with Crippen molar-refractivity contribution in [3.63, 3.8) is 0 Å². The molecule has 0 rings (SSSR count). The molecule has 0 aliphatic rings. The van der Waals surface area contributed by atoms with Crippen LogP contribution >= 0.6 is 0 Å². The van der Waals surface area contributed by atoms with Crippen LogP contribution in [-0.2, 0) is 0 Å². The average Bonchev–Trinajstić information content (AvgIpc) is 2.69. The normalized spacial score (nSPS) is 9.89. The molecule has 37 heavy (non-hydrogen) atoms. The molecule has 0 heteroatoms. The third-order valence-electron chi connectivity index (χ3n) is 4.25. The zero-order chi connectivity index (χ0) is 31.5. The fraction of sp³-hybridized carbons (Fsp3) is 1.00. The number of unbranched alkanes of at least 4 members (excludes halogenated alkanes) is 2. The van der Waals surface area contributed by atoms with Crippen LogP contribution in [0.1, 0.15) is 210 Å². The van der Waals surface area contributed by atoms with Gasteiger partial charge in [0.25, 0.3) is 0 Å². The van der Waals surface area contributed by atoms with E-state index >= 15 is 0 Å². The van der Waals surface area contributed by atoms with Gasteiger partial charge in [-0.05, 0) is 41.4 Å². The molecular formula is C37H88. The zero-order valence-corrected chi connectivity index (χ0v) is 31.5. The third kappa shape index (κ3) is 185. The molecule has 0 radical (unpaired) electrons. The van der Waals surface area contributed by atoms with Gasteiger partial charge in [-0.15, -0.1) is 0 Å². The minimum atomic E-state index is 0.500. The lowest BCUT2D eigenvalue weighted by atomic mass is 10.0. The highest BCUT2D eigenvalue weighted by Gasteiger charge is 1.96. The molecule has 0 unspecified atom stereocenters. The minimum absolute atomic E-state index is 0.500. The molecule has 0 saturated heterocycles. The standard InChI is InChI=1S/2C7H16.C6H14.2C5H12.C4H10.C3H8/c1-6(2)5-7(3)4;1-4-7(5-2)6-3;1-4-5-6(2)3;1-5(2,3)4;1-3-5-4-2;1-4(2)3;1-3-2/h6-7H,5H2,1-4H3;7H,4-6H2,1-3H3;6H,4-5H2,1-3H3;1-4H3;3-5H2,1-2H3;4H,1-3H3;3H2,1-2H3. The summed E-state index contributed by atoms with van der Waals surface area (Å²) in [5.74, 6) is 4.47. The molecule has 0 aliphatic carbocycles. The quantitative estimate of drug-likeness (QED) is 0.277. The van der Waals surface area contributed by atoms with Gasteiger partial charge in [0.2, 0.25) is 0 Å². The first-order chi connectivity index (χ1) is 16.8. The molecule has 0 aromatic carbocycles. The molecule has 0 aromatic rings. The van der Waals surface area contributed by atoms with E-state index in [1.54, 1.807) is 0 Å². The first kappa shape index (κ1) is 53.3. The first-order valence-electron chi connectivity index (χ1n) is 16.8. The van der Waals surface area contributed by atoms with Crippen molar-refractivity contribution in [3.8, 4) is 0 Å². The fourth-order valence-corrected chi connectivity index (χ4v) is 2.74. The maximum absolute atomic E-state index is 2.26. The summed E-state index contributed by atoms with van der Waals surface area (Å²) in [5, 5.41) is 0. The Morgan fingerprint density at radius 3 is 0.703 bits per heavy atom. The van der Waals surface area contributed by atoms with Gasteiger partial charge in [0.05, 0.1) is 0 Å². The van der Waals surface area contributed by atoms with Crippen molar-refractivity contribution < 1.29 is 0 Å². The van der Waals surface area contributed by atoms with E-state index in [9.17, 15) is 0 Å². The second-order valence-corrected chi connectivity index (χ2v) is 14.1. The van der Waals surface area contributed by atoms with Gasteiger partial charge >= 0.3 is 0 Å². The van der Waals surface area contributed by atoms with Crippen molar-refractivity contribution in [1.82, 2.24) is 0 Å². The first-order valence-corrected chi connectivity index (χ1v) is 16.8. The van der Waals surface area contributed by atoms with Crippen LogP contribution < -0.4 is 0 Å². The second kappa shape index (κ2) is 45.9. The van der Waals surface area contributed by atoms with Crippen LogP contribution in [0.25, 0.3) is 0 Å². The van der Waals surface area contributed by atoms with Crippen molar-refractivity contribution in [2.45, 2.75) is 210 Å². The monoisotopic (exact) mass is 533 g/mol. The fourth-order valence-electron chi connectivity index (χ4n) is 2.74. The van der Waals surface area contributed by atoms with Gasteiger partial charge in [0.15, 0.2) is 0 Å². The molecule has 0 atom stereocenters. The van der Waals surface area contributed by atoms with Gasteiger partial charge in [0.1, 0.15) is 0 Å². The molecule has 236 valence electrons. The van der Waals surface area contributed by atoms with Gasteiger partial charge in [0, 0.05) is 0 Å². The summed E-state index contributed by atoms with van der Waals surface area (Å²) in [6.45, 7) is 46.5. The van der Waals surface area contributed by atoms with Crippen LogP contribution in [0.15, 0.2) is 0 Å². The lowest BCUT2D eigenvalue weighted by Crippen LogP contribution is -1.93. The van der Waals surface area contributed by atoms with E-state index in [4.69, 9.17) is 0 Å². The smallest absolute Gasteiger partial charge is 0.0411 e. The topological polar surface area (TPSA) is 0 Å². The van der Waals surface area contributed by atoms with Crippen LogP contribution in [0.3, 0.4) is 0 Å². The Morgan fingerprint density at radius 1 is 0.459 bits per heavy atom. The Kier molecular flexibility index (Phi) is 66.1. The molecule has 0 N–H and O–H groups in total. The predicted octanol–water partition coefficient (Wildman–Crippen LogP) is 15.3. The van der Waals surface area contributed by atoms with Crippen molar-refractivity contribution in [1.29, 1.82) is 0 Å². The maximum Gasteiger partial charge on any atom is -0.0411 e. The van der Waals surface area contributed by atoms with Crippen LogP contribution in [0, 0.1) is 35.0 Å². The summed E-state index contributed by atoms with van der Waals surface area (Å²) in [4.78, 5) is 0. The molecule has 0 nitrogen and oxygen atoms in total. The molecule has 0 fully saturated rings. The Bertz CT molecular complexity index is 263. The molecule has 0 heterocycles. The molecular weight excluding hydrogens is 444 g/mol. The van der Waals surface area contributed by atoms with Crippen LogP contribution in [0.2, 0.25) is 0 Å². The van der Waals surface area contributed by atoms with Gasteiger partial charge in [-0.1, -0.05) is 203 Å². The molecule has 0 amide bonds. The number of rotatable bonds is 9. The van der Waals surface area contributed by atoms with Crippen LogP contribution in [-0.4, -0.2) is 0 Å². The van der Waals surface area contributed by atoms with Crippen molar-refractivity contribution >= 4 is 0 Å². The largest absolute Gasteiger partial charge is 0.0656 e. The zero-order valence-electron chi connectivity index (χ0n) is 31.5. The SMILES string of the molecule is CC(C)(C)C.CC(C)C.CC(C)CC(C)C.CCC.CCC(CC)CC.CCCC(C)C.CCCCC. The van der Waals surface area contributed by atoms with Crippen molar-refractivity contribution in [2.75, 3.05) is 0 Å². The number of hydrogen-bond acceptors (Lipinski definition) is 0. The summed E-state index contributed by atoms with van der Waals surface area (Å²) >= 11 is 0. The Hall–Kier alpha value is 0. The second-order valence-electron chi connectivity index (χ2n) is 14.1.